The molecule has 0 unspecified atom stereocenters. The van der Waals surface area contributed by atoms with Gasteiger partial charge in [-0.25, -0.2) is 9.98 Å². The van der Waals surface area contributed by atoms with Crippen molar-refractivity contribution in [3.63, 3.8) is 0 Å². The van der Waals surface area contributed by atoms with Gasteiger partial charge in [0.2, 0.25) is 5.13 Å². The molecule has 0 fully saturated rings. The third kappa shape index (κ3) is 3.95. The van der Waals surface area contributed by atoms with Crippen molar-refractivity contribution in [3.8, 4) is 5.75 Å². The van der Waals surface area contributed by atoms with Crippen molar-refractivity contribution < 1.29 is 10.0 Å². The van der Waals surface area contributed by atoms with Gasteiger partial charge in [0.05, 0.1) is 18.1 Å². The van der Waals surface area contributed by atoms with Crippen LogP contribution < -0.4 is 0 Å². The summed E-state index contributed by atoms with van der Waals surface area (Å²) in [5.74, 6) is 0.111. The van der Waals surface area contributed by atoms with Gasteiger partial charge >= 0.3 is 0 Å². The van der Waals surface area contributed by atoms with Crippen molar-refractivity contribution in [1.29, 1.82) is 0 Å². The zero-order valence-electron chi connectivity index (χ0n) is 10.2. The zero-order chi connectivity index (χ0) is 14.4. The average Bonchev–Trinajstić information content (AvgIpc) is 2.93. The van der Waals surface area contributed by atoms with Gasteiger partial charge in [-0.2, -0.15) is 0 Å². The number of aliphatic imine (C=N–C) groups is 2. The molecule has 0 aliphatic carbocycles. The quantitative estimate of drug-likeness (QED) is 0.519. The highest BCUT2D eigenvalue weighted by Gasteiger charge is 2.14. The van der Waals surface area contributed by atoms with Crippen LogP contribution in [0.25, 0.3) is 0 Å². The molecule has 1 aromatic carbocycles. The predicted octanol–water partition coefficient (Wildman–Crippen LogP) is 2.60. The summed E-state index contributed by atoms with van der Waals surface area (Å²) in [6, 6.07) is 4.89. The van der Waals surface area contributed by atoms with Crippen molar-refractivity contribution in [1.82, 2.24) is 4.98 Å². The number of phenols is 1. The summed E-state index contributed by atoms with van der Waals surface area (Å²) in [5, 5.41) is 22.2. The first-order valence-corrected chi connectivity index (χ1v) is 6.43. The Morgan fingerprint density at radius 3 is 2.60 bits per heavy atom. The van der Waals surface area contributed by atoms with Crippen LogP contribution in [0.3, 0.4) is 0 Å². The van der Waals surface area contributed by atoms with Gasteiger partial charge in [-0.1, -0.05) is 0 Å². The summed E-state index contributed by atoms with van der Waals surface area (Å²) in [6.45, 7) is 0. The fourth-order valence-corrected chi connectivity index (χ4v) is 1.76. The highest BCUT2D eigenvalue weighted by Crippen LogP contribution is 2.16. The Morgan fingerprint density at radius 1 is 1.30 bits per heavy atom. The summed E-state index contributed by atoms with van der Waals surface area (Å²) in [4.78, 5) is 22.2. The number of phenolic OH excluding ortho intramolecular Hbond substituents is 1. The third-order valence-corrected chi connectivity index (χ3v) is 2.91. The molecule has 0 aliphatic heterocycles. The number of rotatable bonds is 5. The molecular formula is C12H10N4O3S. The Balaban J connectivity index is 2.09. The van der Waals surface area contributed by atoms with E-state index < -0.39 is 11.0 Å². The minimum atomic E-state index is -1.13. The minimum Gasteiger partial charge on any atom is -0.508 e. The van der Waals surface area contributed by atoms with Gasteiger partial charge in [0.25, 0.3) is 6.04 Å². The van der Waals surface area contributed by atoms with Gasteiger partial charge in [-0.3, -0.25) is 15.1 Å². The van der Waals surface area contributed by atoms with E-state index in [0.717, 1.165) is 0 Å². The van der Waals surface area contributed by atoms with Crippen LogP contribution in [0.5, 0.6) is 5.75 Å². The Kier molecular flexibility index (Phi) is 4.51. The Labute approximate surface area is 118 Å². The van der Waals surface area contributed by atoms with Crippen LogP contribution in [-0.4, -0.2) is 33.5 Å². The van der Waals surface area contributed by atoms with E-state index in [1.807, 2.05) is 0 Å². The fraction of sp³-hybridized carbons (Fsp3) is 0.0833. The van der Waals surface area contributed by atoms with Gasteiger partial charge < -0.3 is 5.11 Å². The number of nitrogens with zero attached hydrogens (tertiary/aromatic N) is 4. The van der Waals surface area contributed by atoms with E-state index in [4.69, 9.17) is 5.11 Å². The molecule has 1 N–H and O–H groups in total. The highest BCUT2D eigenvalue weighted by atomic mass is 32.1. The van der Waals surface area contributed by atoms with Gasteiger partial charge in [0.1, 0.15) is 5.75 Å². The summed E-state index contributed by atoms with van der Waals surface area (Å²) in [7, 11) is 0. The number of hydrogen-bond donors (Lipinski definition) is 1. The lowest BCUT2D eigenvalue weighted by atomic mass is 10.3. The fourth-order valence-electron chi connectivity index (χ4n) is 1.27. The summed E-state index contributed by atoms with van der Waals surface area (Å²) < 4.78 is 0. The molecule has 1 aromatic heterocycles. The molecular weight excluding hydrogens is 280 g/mol. The molecule has 2 rings (SSSR count). The van der Waals surface area contributed by atoms with Gasteiger partial charge in [-0.15, -0.1) is 11.3 Å². The monoisotopic (exact) mass is 290 g/mol. The molecule has 1 atom stereocenters. The van der Waals surface area contributed by atoms with Crippen molar-refractivity contribution in [2.24, 2.45) is 9.98 Å². The number of aromatic hydroxyl groups is 1. The SMILES string of the molecule is O=[N+]([O-])[C@H](C=Nc1ccc(O)cc1)C=Nc1nccs1. The maximum absolute atomic E-state index is 10.9. The smallest absolute Gasteiger partial charge is 0.283 e. The highest BCUT2D eigenvalue weighted by molar-refractivity contribution is 7.13. The van der Waals surface area contributed by atoms with E-state index in [2.05, 4.69) is 15.0 Å². The summed E-state index contributed by atoms with van der Waals surface area (Å²) in [6.07, 6.45) is 3.94. The molecule has 7 nitrogen and oxygen atoms in total. The van der Waals surface area contributed by atoms with Crippen molar-refractivity contribution >= 4 is 34.6 Å². The number of benzene rings is 1. The molecule has 20 heavy (non-hydrogen) atoms. The van der Waals surface area contributed by atoms with E-state index in [-0.39, 0.29) is 5.75 Å². The van der Waals surface area contributed by atoms with Crippen molar-refractivity contribution in [3.05, 3.63) is 46.0 Å². The van der Waals surface area contributed by atoms with Crippen LogP contribution in [0.2, 0.25) is 0 Å². The molecule has 0 bridgehead atoms. The summed E-state index contributed by atoms with van der Waals surface area (Å²) in [5.41, 5.74) is 0.511. The number of aromatic nitrogens is 1. The second-order valence-corrected chi connectivity index (χ2v) is 4.54. The maximum Gasteiger partial charge on any atom is 0.283 e. The number of nitro groups is 1. The van der Waals surface area contributed by atoms with Gasteiger partial charge in [-0.05, 0) is 24.3 Å². The molecule has 0 saturated carbocycles. The lowest BCUT2D eigenvalue weighted by Gasteiger charge is -1.97. The Bertz CT molecular complexity index is 623. The predicted molar refractivity (Wildman–Crippen MR) is 77.3 cm³/mol. The molecule has 0 radical (unpaired) electrons. The lowest BCUT2D eigenvalue weighted by Crippen LogP contribution is -2.22. The van der Waals surface area contributed by atoms with Crippen LogP contribution in [0.1, 0.15) is 0 Å². The average molecular weight is 290 g/mol. The molecule has 2 aromatic rings. The molecule has 0 saturated heterocycles. The Morgan fingerprint density at radius 2 is 2.00 bits per heavy atom. The van der Waals surface area contributed by atoms with E-state index in [9.17, 15) is 10.1 Å². The van der Waals surface area contributed by atoms with Crippen LogP contribution in [0.15, 0.2) is 45.8 Å². The van der Waals surface area contributed by atoms with Gasteiger partial charge in [0.15, 0.2) is 0 Å². The summed E-state index contributed by atoms with van der Waals surface area (Å²) >= 11 is 1.29. The molecule has 0 aliphatic rings. The number of thiazole rings is 1. The molecule has 0 amide bonds. The maximum atomic E-state index is 10.9. The first kappa shape index (κ1) is 13.8. The normalized spacial score (nSPS) is 13.0. The standard InChI is InChI=1S/C12H10N4O3S/c17-11-3-1-9(2-4-11)14-7-10(16(18)19)8-15-12-13-5-6-20-12/h1-8,10,17H/t10-/m1/s1. The molecule has 102 valence electrons. The topological polar surface area (TPSA) is 101 Å². The molecule has 8 heteroatoms. The second-order valence-electron chi connectivity index (χ2n) is 3.66. The third-order valence-electron chi connectivity index (χ3n) is 2.23. The van der Waals surface area contributed by atoms with Crippen molar-refractivity contribution in [2.75, 3.05) is 0 Å². The van der Waals surface area contributed by atoms with E-state index in [0.29, 0.717) is 10.8 Å². The minimum absolute atomic E-state index is 0.111. The molecule has 1 heterocycles. The number of hydrogen-bond acceptors (Lipinski definition) is 7. The van der Waals surface area contributed by atoms with Crippen LogP contribution in [0.4, 0.5) is 10.8 Å². The Hall–Kier alpha value is -2.61. The van der Waals surface area contributed by atoms with E-state index in [1.54, 1.807) is 23.7 Å². The van der Waals surface area contributed by atoms with E-state index >= 15 is 0 Å². The van der Waals surface area contributed by atoms with Crippen LogP contribution in [-0.2, 0) is 0 Å². The lowest BCUT2D eigenvalue weighted by molar-refractivity contribution is -0.482. The van der Waals surface area contributed by atoms with Crippen molar-refractivity contribution in [2.45, 2.75) is 6.04 Å². The van der Waals surface area contributed by atoms with Gasteiger partial charge in [0, 0.05) is 16.5 Å². The first-order valence-electron chi connectivity index (χ1n) is 5.55. The van der Waals surface area contributed by atoms with E-state index in [1.165, 1.54) is 35.9 Å². The zero-order valence-corrected chi connectivity index (χ0v) is 11.0. The molecule has 0 spiro atoms. The van der Waals surface area contributed by atoms with Crippen LogP contribution in [0, 0.1) is 10.1 Å². The largest absolute Gasteiger partial charge is 0.508 e. The first-order chi connectivity index (χ1) is 9.65. The van der Waals surface area contributed by atoms with Crippen LogP contribution >= 0.6 is 11.3 Å². The second kappa shape index (κ2) is 6.53.